The van der Waals surface area contributed by atoms with Crippen LogP contribution in [0.5, 0.6) is 0 Å². The van der Waals surface area contributed by atoms with Crippen molar-refractivity contribution >= 4 is 12.6 Å². The zero-order valence-corrected chi connectivity index (χ0v) is 17.5. The first-order valence-electron chi connectivity index (χ1n) is 10.3. The SMILES string of the molecule is C=N/C(NC1(C)CC1)=C(\C)C(C(=O)N1CCn2c(cnc2C2CC2)C1)=C(C)C. The third-order valence-corrected chi connectivity index (χ3v) is 6.17. The summed E-state index contributed by atoms with van der Waals surface area (Å²) in [4.78, 5) is 24.2. The molecule has 1 aromatic heterocycles. The van der Waals surface area contributed by atoms with Crippen molar-refractivity contribution in [3.8, 4) is 0 Å². The van der Waals surface area contributed by atoms with Crippen molar-refractivity contribution < 1.29 is 4.79 Å². The van der Waals surface area contributed by atoms with Crippen LogP contribution in [0.4, 0.5) is 0 Å². The van der Waals surface area contributed by atoms with Crippen LogP contribution in [0.2, 0.25) is 0 Å². The minimum Gasteiger partial charge on any atom is -0.365 e. The van der Waals surface area contributed by atoms with Gasteiger partial charge in [-0.25, -0.2) is 9.98 Å². The second-order valence-electron chi connectivity index (χ2n) is 8.95. The predicted octanol–water partition coefficient (Wildman–Crippen LogP) is 3.51. The van der Waals surface area contributed by atoms with E-state index in [9.17, 15) is 4.79 Å². The molecule has 6 nitrogen and oxygen atoms in total. The lowest BCUT2D eigenvalue weighted by Gasteiger charge is -2.31. The molecule has 2 saturated carbocycles. The molecule has 0 radical (unpaired) electrons. The van der Waals surface area contributed by atoms with Crippen LogP contribution >= 0.6 is 0 Å². The van der Waals surface area contributed by atoms with Gasteiger partial charge in [-0.2, -0.15) is 0 Å². The van der Waals surface area contributed by atoms with Gasteiger partial charge in [0.25, 0.3) is 5.91 Å². The Morgan fingerprint density at radius 2 is 2.00 bits per heavy atom. The lowest BCUT2D eigenvalue weighted by atomic mass is 10.00. The largest absolute Gasteiger partial charge is 0.365 e. The maximum Gasteiger partial charge on any atom is 0.254 e. The minimum atomic E-state index is 0.0711. The van der Waals surface area contributed by atoms with Crippen LogP contribution in [0, 0.1) is 0 Å². The number of hydrogen-bond donors (Lipinski definition) is 1. The van der Waals surface area contributed by atoms with E-state index in [1.54, 1.807) is 0 Å². The molecule has 4 rings (SSSR count). The van der Waals surface area contributed by atoms with Gasteiger partial charge in [0.05, 0.1) is 18.4 Å². The number of amides is 1. The zero-order chi connectivity index (χ0) is 20.1. The van der Waals surface area contributed by atoms with E-state index in [0.717, 1.165) is 47.6 Å². The first-order valence-corrected chi connectivity index (χ1v) is 10.3. The van der Waals surface area contributed by atoms with Gasteiger partial charge in [-0.05, 0) is 60.1 Å². The Bertz CT molecular complexity index is 879. The van der Waals surface area contributed by atoms with E-state index in [1.807, 2.05) is 31.9 Å². The van der Waals surface area contributed by atoms with Crippen molar-refractivity contribution in [2.24, 2.45) is 4.99 Å². The molecule has 1 N–H and O–H groups in total. The van der Waals surface area contributed by atoms with Crippen LogP contribution in [0.15, 0.2) is 33.7 Å². The highest BCUT2D eigenvalue weighted by atomic mass is 16.2. The molecule has 1 aromatic rings. The van der Waals surface area contributed by atoms with Crippen molar-refractivity contribution in [2.75, 3.05) is 6.54 Å². The first kappa shape index (κ1) is 19.0. The number of aromatic nitrogens is 2. The molecule has 2 aliphatic carbocycles. The minimum absolute atomic E-state index is 0.0711. The standard InChI is InChI=1S/C22H31N5O/c1-14(2)18(15(3)19(23-5)25-22(4)8-9-22)21(28)26-10-11-27-17(13-26)12-24-20(27)16-6-7-16/h12,16,25H,5-11,13H2,1-4H3/b19-15-. The van der Waals surface area contributed by atoms with Crippen LogP contribution in [0.25, 0.3) is 0 Å². The second-order valence-corrected chi connectivity index (χ2v) is 8.95. The Kier molecular flexibility index (Phi) is 4.68. The van der Waals surface area contributed by atoms with Crippen molar-refractivity contribution in [1.29, 1.82) is 0 Å². The smallest absolute Gasteiger partial charge is 0.254 e. The topological polar surface area (TPSA) is 62.5 Å². The molecule has 0 bridgehead atoms. The van der Waals surface area contributed by atoms with Gasteiger partial charge in [-0.3, -0.25) is 4.79 Å². The third kappa shape index (κ3) is 3.52. The summed E-state index contributed by atoms with van der Waals surface area (Å²) >= 11 is 0. The summed E-state index contributed by atoms with van der Waals surface area (Å²) in [5.74, 6) is 2.63. The fourth-order valence-electron chi connectivity index (χ4n) is 4.02. The van der Waals surface area contributed by atoms with Crippen molar-refractivity contribution in [3.05, 3.63) is 40.3 Å². The summed E-state index contributed by atoms with van der Waals surface area (Å²) in [5, 5.41) is 3.48. The van der Waals surface area contributed by atoms with E-state index in [0.29, 0.717) is 19.0 Å². The number of nitrogens with zero attached hydrogens (tertiary/aromatic N) is 4. The molecule has 1 aliphatic heterocycles. The number of imidazole rings is 1. The van der Waals surface area contributed by atoms with Crippen LogP contribution < -0.4 is 5.32 Å². The molecule has 6 heteroatoms. The molecule has 0 atom stereocenters. The van der Waals surface area contributed by atoms with Crippen LogP contribution in [0.3, 0.4) is 0 Å². The Labute approximate surface area is 167 Å². The lowest BCUT2D eigenvalue weighted by molar-refractivity contribution is -0.128. The molecular weight excluding hydrogens is 350 g/mol. The van der Waals surface area contributed by atoms with Crippen molar-refractivity contribution in [3.63, 3.8) is 0 Å². The number of carbonyl (C=O) groups is 1. The van der Waals surface area contributed by atoms with Gasteiger partial charge >= 0.3 is 0 Å². The summed E-state index contributed by atoms with van der Waals surface area (Å²) in [5.41, 5.74) is 3.86. The van der Waals surface area contributed by atoms with E-state index in [1.165, 1.54) is 18.7 Å². The van der Waals surface area contributed by atoms with Gasteiger partial charge < -0.3 is 14.8 Å². The summed E-state index contributed by atoms with van der Waals surface area (Å²) < 4.78 is 2.32. The molecule has 2 heterocycles. The average Bonchev–Trinajstić information content (AvgIpc) is 3.59. The normalized spacial score (nSPS) is 20.8. The van der Waals surface area contributed by atoms with E-state index >= 15 is 0 Å². The Hall–Kier alpha value is -2.37. The van der Waals surface area contributed by atoms with Crippen LogP contribution in [-0.4, -0.2) is 39.2 Å². The lowest BCUT2D eigenvalue weighted by Crippen LogP contribution is -2.40. The quantitative estimate of drug-likeness (QED) is 0.466. The molecule has 0 spiro atoms. The maximum absolute atomic E-state index is 13.5. The first-order chi connectivity index (χ1) is 13.3. The molecular formula is C22H31N5O. The van der Waals surface area contributed by atoms with Crippen LogP contribution in [0.1, 0.15) is 70.8 Å². The summed E-state index contributed by atoms with van der Waals surface area (Å²) in [7, 11) is 0. The monoisotopic (exact) mass is 381 g/mol. The molecule has 28 heavy (non-hydrogen) atoms. The molecule has 0 unspecified atom stereocenters. The van der Waals surface area contributed by atoms with Gasteiger partial charge in [-0.1, -0.05) is 5.57 Å². The molecule has 1 amide bonds. The highest BCUT2D eigenvalue weighted by molar-refractivity contribution is 5.98. The molecule has 150 valence electrons. The number of aliphatic imine (C=N–C) groups is 1. The number of rotatable bonds is 6. The molecule has 0 saturated heterocycles. The van der Waals surface area contributed by atoms with E-state index in [-0.39, 0.29) is 11.4 Å². The predicted molar refractivity (Wildman–Crippen MR) is 111 cm³/mol. The fraction of sp³-hybridized carbons (Fsp3) is 0.591. The number of nitrogens with one attached hydrogen (secondary N) is 1. The van der Waals surface area contributed by atoms with E-state index < -0.39 is 0 Å². The molecule has 2 fully saturated rings. The summed E-state index contributed by atoms with van der Waals surface area (Å²) in [6.45, 7) is 14.0. The number of allylic oxidation sites excluding steroid dienone is 1. The Morgan fingerprint density at radius 3 is 2.57 bits per heavy atom. The average molecular weight is 382 g/mol. The van der Waals surface area contributed by atoms with Gasteiger partial charge in [-0.15, -0.1) is 0 Å². The fourth-order valence-corrected chi connectivity index (χ4v) is 4.02. The van der Waals surface area contributed by atoms with Gasteiger partial charge in [0.1, 0.15) is 11.6 Å². The molecule has 0 aromatic carbocycles. The highest BCUT2D eigenvalue weighted by Gasteiger charge is 2.38. The maximum atomic E-state index is 13.5. The van der Waals surface area contributed by atoms with Crippen molar-refractivity contribution in [1.82, 2.24) is 19.8 Å². The molecule has 3 aliphatic rings. The highest BCUT2D eigenvalue weighted by Crippen LogP contribution is 2.40. The Balaban J connectivity index is 1.57. The van der Waals surface area contributed by atoms with Gasteiger partial charge in [0, 0.05) is 35.7 Å². The zero-order valence-electron chi connectivity index (χ0n) is 17.5. The van der Waals surface area contributed by atoms with E-state index in [2.05, 4.69) is 33.5 Å². The van der Waals surface area contributed by atoms with Gasteiger partial charge in [0.2, 0.25) is 0 Å². The van der Waals surface area contributed by atoms with Crippen LogP contribution in [-0.2, 0) is 17.9 Å². The third-order valence-electron chi connectivity index (χ3n) is 6.17. The van der Waals surface area contributed by atoms with Gasteiger partial charge in [0.15, 0.2) is 0 Å². The number of carbonyl (C=O) groups excluding carboxylic acids is 1. The van der Waals surface area contributed by atoms with E-state index in [4.69, 9.17) is 0 Å². The number of hydrogen-bond acceptors (Lipinski definition) is 4. The second kappa shape index (κ2) is 6.90. The summed E-state index contributed by atoms with van der Waals surface area (Å²) in [6.07, 6.45) is 6.68. The summed E-state index contributed by atoms with van der Waals surface area (Å²) in [6, 6.07) is 0. The Morgan fingerprint density at radius 1 is 1.29 bits per heavy atom. The van der Waals surface area contributed by atoms with Crippen molar-refractivity contribution in [2.45, 2.75) is 77.9 Å². The number of fused-ring (bicyclic) bond motifs is 1.